The van der Waals surface area contributed by atoms with E-state index >= 15 is 0 Å². The van der Waals surface area contributed by atoms with Gasteiger partial charge in [0, 0.05) is 13.0 Å². The van der Waals surface area contributed by atoms with Crippen LogP contribution in [0.25, 0.3) is 0 Å². The summed E-state index contributed by atoms with van der Waals surface area (Å²) in [6, 6.07) is -0.966. The number of amides is 1. The van der Waals surface area contributed by atoms with E-state index < -0.39 is 12.0 Å². The molecule has 0 aromatic carbocycles. The molecule has 23 heavy (non-hydrogen) atoms. The highest BCUT2D eigenvalue weighted by Gasteiger charge is 2.12. The number of nitrogens with two attached hydrogens (primary N) is 2. The smallest absolute Gasteiger partial charge is 0.320 e. The number of rotatable bonds is 16. The summed E-state index contributed by atoms with van der Waals surface area (Å²) in [5.41, 5.74) is 10.7. The summed E-state index contributed by atoms with van der Waals surface area (Å²) in [6.07, 6.45) is 4.45. The average Bonchev–Trinajstić information content (AvgIpc) is 2.53. The van der Waals surface area contributed by atoms with Crippen LogP contribution >= 0.6 is 0 Å². The number of hydrogen-bond acceptors (Lipinski definition) is 6. The van der Waals surface area contributed by atoms with Gasteiger partial charge in [0.2, 0.25) is 5.91 Å². The Hall–Kier alpha value is -1.22. The fraction of sp³-hybridized carbons (Fsp3) is 0.867. The van der Waals surface area contributed by atoms with Crippen molar-refractivity contribution in [1.82, 2.24) is 16.0 Å². The minimum Gasteiger partial charge on any atom is -0.480 e. The summed E-state index contributed by atoms with van der Waals surface area (Å²) in [4.78, 5) is 22.0. The predicted molar refractivity (Wildman–Crippen MR) is 91.1 cm³/mol. The van der Waals surface area contributed by atoms with Crippen LogP contribution in [0, 0.1) is 0 Å². The first-order valence-electron chi connectivity index (χ1n) is 8.44. The quantitative estimate of drug-likeness (QED) is 0.199. The number of carbonyl (C=O) groups is 2. The summed E-state index contributed by atoms with van der Waals surface area (Å²) in [5, 5.41) is 18.0. The second kappa shape index (κ2) is 15.7. The zero-order valence-corrected chi connectivity index (χ0v) is 14.0. The maximum Gasteiger partial charge on any atom is 0.320 e. The fourth-order valence-corrected chi connectivity index (χ4v) is 1.92. The third kappa shape index (κ3) is 15.4. The van der Waals surface area contributed by atoms with Gasteiger partial charge in [-0.3, -0.25) is 9.59 Å². The first-order chi connectivity index (χ1) is 11.1. The van der Waals surface area contributed by atoms with Gasteiger partial charge in [-0.1, -0.05) is 0 Å². The minimum atomic E-state index is -1.07. The minimum absolute atomic E-state index is 0.148. The molecule has 8 N–H and O–H groups in total. The first kappa shape index (κ1) is 21.8. The van der Waals surface area contributed by atoms with E-state index in [1.165, 1.54) is 0 Å². The van der Waals surface area contributed by atoms with Crippen molar-refractivity contribution in [3.8, 4) is 0 Å². The molecule has 0 saturated heterocycles. The number of unbranched alkanes of at least 4 members (excludes halogenated alkanes) is 1. The zero-order chi connectivity index (χ0) is 17.3. The van der Waals surface area contributed by atoms with E-state index in [2.05, 4.69) is 16.0 Å². The molecule has 0 aliphatic rings. The van der Waals surface area contributed by atoms with Gasteiger partial charge in [-0.05, 0) is 64.8 Å². The molecule has 0 radical (unpaired) electrons. The monoisotopic (exact) mass is 331 g/mol. The summed E-state index contributed by atoms with van der Waals surface area (Å²) in [5.74, 6) is -1.22. The van der Waals surface area contributed by atoms with E-state index in [9.17, 15) is 9.59 Å². The normalized spacial score (nSPS) is 12.1. The molecule has 0 saturated carbocycles. The van der Waals surface area contributed by atoms with Gasteiger partial charge in [0.15, 0.2) is 0 Å². The van der Waals surface area contributed by atoms with Crippen molar-refractivity contribution in [3.63, 3.8) is 0 Å². The Bertz CT molecular complexity index is 315. The Morgan fingerprint density at radius 3 is 2.04 bits per heavy atom. The van der Waals surface area contributed by atoms with Crippen LogP contribution in [-0.2, 0) is 9.59 Å². The average molecular weight is 331 g/mol. The molecule has 0 spiro atoms. The van der Waals surface area contributed by atoms with Gasteiger partial charge in [-0.25, -0.2) is 0 Å². The molecule has 0 fully saturated rings. The molecule has 0 aliphatic carbocycles. The van der Waals surface area contributed by atoms with Crippen LogP contribution in [0.2, 0.25) is 0 Å². The number of aliphatic carboxylic acids is 1. The highest BCUT2D eigenvalue weighted by molar-refractivity contribution is 5.78. The molecule has 0 aliphatic heterocycles. The van der Waals surface area contributed by atoms with Crippen molar-refractivity contribution in [3.05, 3.63) is 0 Å². The van der Waals surface area contributed by atoms with Crippen molar-refractivity contribution in [1.29, 1.82) is 0 Å². The topological polar surface area (TPSA) is 142 Å². The SMILES string of the molecule is NCCCNCCCCNCCCNC(=O)CC[C@H](N)C(=O)O. The summed E-state index contributed by atoms with van der Waals surface area (Å²) < 4.78 is 0. The van der Waals surface area contributed by atoms with Crippen molar-refractivity contribution in [2.45, 2.75) is 44.6 Å². The number of carboxylic acids is 1. The lowest BCUT2D eigenvalue weighted by Gasteiger charge is -2.08. The number of hydrogen-bond donors (Lipinski definition) is 6. The van der Waals surface area contributed by atoms with Crippen LogP contribution in [0.15, 0.2) is 0 Å². The molecule has 136 valence electrons. The Kier molecular flexibility index (Phi) is 14.8. The van der Waals surface area contributed by atoms with Crippen molar-refractivity contribution in [2.24, 2.45) is 11.5 Å². The molecule has 1 atom stereocenters. The van der Waals surface area contributed by atoms with Crippen molar-refractivity contribution >= 4 is 11.9 Å². The Morgan fingerprint density at radius 1 is 0.913 bits per heavy atom. The van der Waals surface area contributed by atoms with Gasteiger partial charge in [-0.2, -0.15) is 0 Å². The Balaban J connectivity index is 3.23. The Labute approximate surface area is 138 Å². The van der Waals surface area contributed by atoms with E-state index in [1.54, 1.807) is 0 Å². The second-order valence-electron chi connectivity index (χ2n) is 5.54. The molecule has 8 heteroatoms. The molecule has 0 unspecified atom stereocenters. The van der Waals surface area contributed by atoms with Crippen LogP contribution in [0.3, 0.4) is 0 Å². The number of carbonyl (C=O) groups excluding carboxylic acids is 1. The van der Waals surface area contributed by atoms with Crippen LogP contribution in [0.1, 0.15) is 38.5 Å². The van der Waals surface area contributed by atoms with E-state index in [1.807, 2.05) is 0 Å². The predicted octanol–water partition coefficient (Wildman–Crippen LogP) is -1.01. The highest BCUT2D eigenvalue weighted by atomic mass is 16.4. The lowest BCUT2D eigenvalue weighted by Crippen LogP contribution is -2.33. The van der Waals surface area contributed by atoms with Crippen LogP contribution < -0.4 is 27.4 Å². The molecular formula is C15H33N5O3. The van der Waals surface area contributed by atoms with Crippen LogP contribution in [0.5, 0.6) is 0 Å². The third-order valence-corrected chi connectivity index (χ3v) is 3.37. The maximum atomic E-state index is 11.5. The largest absolute Gasteiger partial charge is 0.480 e. The van der Waals surface area contributed by atoms with E-state index in [-0.39, 0.29) is 18.7 Å². The van der Waals surface area contributed by atoms with Crippen LogP contribution in [-0.4, -0.2) is 62.3 Å². The van der Waals surface area contributed by atoms with Crippen LogP contribution in [0.4, 0.5) is 0 Å². The first-order valence-corrected chi connectivity index (χ1v) is 8.44. The lowest BCUT2D eigenvalue weighted by atomic mass is 10.1. The molecule has 1 amide bonds. The Morgan fingerprint density at radius 2 is 1.48 bits per heavy atom. The van der Waals surface area contributed by atoms with Gasteiger partial charge in [0.25, 0.3) is 0 Å². The van der Waals surface area contributed by atoms with Gasteiger partial charge in [0.05, 0.1) is 0 Å². The van der Waals surface area contributed by atoms with Crippen molar-refractivity contribution in [2.75, 3.05) is 39.3 Å². The zero-order valence-electron chi connectivity index (χ0n) is 14.0. The van der Waals surface area contributed by atoms with Gasteiger partial charge >= 0.3 is 5.97 Å². The summed E-state index contributed by atoms with van der Waals surface area (Å²) >= 11 is 0. The van der Waals surface area contributed by atoms with E-state index in [0.29, 0.717) is 6.54 Å². The summed E-state index contributed by atoms with van der Waals surface area (Å²) in [6.45, 7) is 5.17. The van der Waals surface area contributed by atoms with Crippen molar-refractivity contribution < 1.29 is 14.7 Å². The van der Waals surface area contributed by atoms with E-state index in [0.717, 1.165) is 58.4 Å². The number of nitrogens with one attached hydrogen (secondary N) is 3. The molecule has 0 heterocycles. The van der Waals surface area contributed by atoms with Gasteiger partial charge < -0.3 is 32.5 Å². The molecule has 0 aromatic rings. The fourth-order valence-electron chi connectivity index (χ4n) is 1.92. The molecule has 0 rings (SSSR count). The molecule has 0 aromatic heterocycles. The highest BCUT2D eigenvalue weighted by Crippen LogP contribution is 1.94. The van der Waals surface area contributed by atoms with E-state index in [4.69, 9.17) is 16.6 Å². The molecule has 8 nitrogen and oxygen atoms in total. The lowest BCUT2D eigenvalue weighted by molar-refractivity contribution is -0.138. The second-order valence-corrected chi connectivity index (χ2v) is 5.54. The van der Waals surface area contributed by atoms with Gasteiger partial charge in [0.1, 0.15) is 6.04 Å². The standard InChI is InChI=1S/C15H33N5O3/c16-7-3-10-18-8-1-2-9-19-11-4-12-20-14(21)6-5-13(17)15(22)23/h13,18-19H,1-12,16-17H2,(H,20,21)(H,22,23)/t13-/m0/s1. The maximum absolute atomic E-state index is 11.5. The van der Waals surface area contributed by atoms with Gasteiger partial charge in [-0.15, -0.1) is 0 Å². The third-order valence-electron chi connectivity index (χ3n) is 3.37. The molecule has 0 bridgehead atoms. The number of carboxylic acid groups (broad SMARTS) is 1. The summed E-state index contributed by atoms with van der Waals surface area (Å²) in [7, 11) is 0. The molecular weight excluding hydrogens is 298 g/mol.